The summed E-state index contributed by atoms with van der Waals surface area (Å²) in [7, 11) is 0. The number of anilines is 3. The molecule has 662 valence electrons. The SMILES string of the molecule is [C-]#[N+]c1ccncc1-c1cccc2c1c1c(-c3cnccc3C#N)cccc1n2-c1cccc2c1C(=O)N(c1c(C)cc(C)cc1C)C2=O.[C-]#[N+]c1ccncc1-c1cccc2c1c1ccccc1n2-c1cccc2c1C(=O)N(c1c(C)cc(C)cc1C)C2=O.[C-]#[N+]c1ccncc1-c1cccc2c3ccccc3n(-c3cccc4c3C(=O)N(c3ccc(-c5ccccc5)cc3-c3ccccc3)C4=O)c12. The number of hydrogen-bond donors (Lipinski definition) is 0. The third kappa shape index (κ3) is 13.7. The molecule has 0 spiro atoms. The van der Waals surface area contributed by atoms with Crippen LogP contribution in [0.25, 0.3) is 164 Å². The van der Waals surface area contributed by atoms with Gasteiger partial charge in [-0.15, -0.1) is 0 Å². The predicted molar refractivity (Wildman–Crippen MR) is 551 cm³/mol. The number of hydrogen-bond acceptors (Lipinski definition) is 11. The van der Waals surface area contributed by atoms with Gasteiger partial charge in [0.2, 0.25) is 0 Å². The summed E-state index contributed by atoms with van der Waals surface area (Å²) in [5.41, 5.74) is 27.8. The van der Waals surface area contributed by atoms with E-state index in [1.54, 1.807) is 98.1 Å². The molecule has 14 aromatic carbocycles. The third-order valence-corrected chi connectivity index (χ3v) is 26.6. The molecule has 140 heavy (non-hydrogen) atoms. The van der Waals surface area contributed by atoms with Crippen molar-refractivity contribution in [1.82, 2.24) is 33.6 Å². The number of aromatic nitrogens is 7. The molecule has 0 fully saturated rings. The molecular weight excluding hydrogens is 1730 g/mol. The van der Waals surface area contributed by atoms with Crippen LogP contribution in [0.3, 0.4) is 0 Å². The Hall–Kier alpha value is -19.5. The first-order chi connectivity index (χ1) is 68.4. The van der Waals surface area contributed by atoms with E-state index in [9.17, 15) is 34.0 Å². The number of nitrogens with zero attached hydrogens (tertiary/aromatic N) is 14. The normalized spacial score (nSPS) is 12.5. The quantitative estimate of drug-likeness (QED) is 0.0828. The highest BCUT2D eigenvalue weighted by Gasteiger charge is 2.45. The van der Waals surface area contributed by atoms with Gasteiger partial charge in [-0.3, -0.25) is 48.7 Å². The second-order valence-corrected chi connectivity index (χ2v) is 34.8. The van der Waals surface area contributed by atoms with E-state index >= 15 is 0 Å². The molecule has 0 N–H and O–H groups in total. The van der Waals surface area contributed by atoms with E-state index in [-0.39, 0.29) is 23.6 Å². The van der Waals surface area contributed by atoms with Crippen LogP contribution in [0.4, 0.5) is 34.1 Å². The Kier molecular flexibility index (Phi) is 21.2. The van der Waals surface area contributed by atoms with Crippen LogP contribution in [0.2, 0.25) is 0 Å². The van der Waals surface area contributed by atoms with Crippen LogP contribution in [0, 0.1) is 72.6 Å². The van der Waals surface area contributed by atoms with Crippen molar-refractivity contribution in [2.75, 3.05) is 14.7 Å². The van der Waals surface area contributed by atoms with Crippen molar-refractivity contribution < 1.29 is 28.8 Å². The van der Waals surface area contributed by atoms with Gasteiger partial charge >= 0.3 is 0 Å². The lowest BCUT2D eigenvalue weighted by molar-refractivity contribution is 0.0910. The lowest BCUT2D eigenvalue weighted by Gasteiger charge is -2.20. The number of carbonyl (C=O) groups is 6. The average molecular weight is 1810 g/mol. The number of imide groups is 3. The van der Waals surface area contributed by atoms with Crippen molar-refractivity contribution in [3.8, 4) is 89.9 Å². The van der Waals surface area contributed by atoms with E-state index in [0.29, 0.717) is 107 Å². The molecule has 3 aliphatic rings. The number of amides is 6. The lowest BCUT2D eigenvalue weighted by Crippen LogP contribution is -2.31. The number of fused-ring (bicyclic) bond motifs is 12. The molecule has 0 saturated heterocycles. The van der Waals surface area contributed by atoms with Crippen LogP contribution in [-0.2, 0) is 0 Å². The lowest BCUT2D eigenvalue weighted by atomic mass is 9.94. The molecule has 0 radical (unpaired) electrons. The topological polar surface area (TPSA) is 215 Å². The highest BCUT2D eigenvalue weighted by atomic mass is 16.2. The Labute approximate surface area is 803 Å². The largest absolute Gasteiger partial charge is 0.308 e. The van der Waals surface area contributed by atoms with Gasteiger partial charge in [-0.2, -0.15) is 5.26 Å². The van der Waals surface area contributed by atoms with Gasteiger partial charge < -0.3 is 13.7 Å². The smallest absolute Gasteiger partial charge is 0.268 e. The Morgan fingerprint density at radius 2 is 0.629 bits per heavy atom. The zero-order chi connectivity index (χ0) is 96.2. The van der Waals surface area contributed by atoms with Crippen molar-refractivity contribution >= 4 is 135 Å². The van der Waals surface area contributed by atoms with Gasteiger partial charge in [-0.1, -0.05) is 211 Å². The number of para-hydroxylation sites is 3. The monoisotopic (exact) mass is 1810 g/mol. The Balaban J connectivity index is 0.000000121. The van der Waals surface area contributed by atoms with Crippen LogP contribution in [0.15, 0.2) is 353 Å². The molecule has 0 saturated carbocycles. The van der Waals surface area contributed by atoms with Crippen molar-refractivity contribution in [2.24, 2.45) is 0 Å². The fourth-order valence-electron chi connectivity index (χ4n) is 21.0. The van der Waals surface area contributed by atoms with Gasteiger partial charge in [-0.05, 0) is 206 Å². The van der Waals surface area contributed by atoms with E-state index in [0.717, 1.165) is 149 Å². The standard InChI is InChI=1S/C44H26N4O2.C41H26N6O2.C35H24N4O2/c1-45-37-24-25-46-27-36(37)33-18-10-17-32-31-16-8-9-20-38(31)47(42(32)33)40-21-11-19-34-41(40)44(50)48(43(34)49)39-23-22-30(28-12-4-2-5-13-28)26-35(39)29-14-6-3-7-15-29;1-23-18-24(2)39(25(3)19-23)47-40(48)29-10-7-13-35(38(29)41(47)49)46-33-11-5-8-27(30-21-44-16-14-26(30)20-42)36(33)37-28(9-6-12-34(37)46)31-22-45-17-15-32(31)43-4;1-20-17-21(2)33(22(3)18-20)39-34(40)25-11-8-14-30(32(25)35(39)41)38-28-12-6-5-9-24(28)31-23(10-7-13-29(31)38)26-19-37-16-15-27(26)36-4/h2-27H;5-19,21-22H,1-3H3;5-19H,1-3H3. The maximum Gasteiger partial charge on any atom is 0.268 e. The highest BCUT2D eigenvalue weighted by molar-refractivity contribution is 6.39. The molecule has 0 aliphatic carbocycles. The zero-order valence-electron chi connectivity index (χ0n) is 76.2. The molecule has 20 heteroatoms. The molecule has 3 aliphatic heterocycles. The summed E-state index contributed by atoms with van der Waals surface area (Å²) in [5, 5.41) is 15.6. The van der Waals surface area contributed by atoms with E-state index in [4.69, 9.17) is 19.7 Å². The van der Waals surface area contributed by atoms with E-state index in [1.807, 2.05) is 289 Å². The summed E-state index contributed by atoms with van der Waals surface area (Å²) in [5.74, 6) is -2.18. The number of benzene rings is 14. The van der Waals surface area contributed by atoms with Crippen LogP contribution in [0.1, 0.15) is 101 Å². The second-order valence-electron chi connectivity index (χ2n) is 34.8. The van der Waals surface area contributed by atoms with E-state index in [1.165, 1.54) is 14.7 Å². The van der Waals surface area contributed by atoms with Gasteiger partial charge in [0.15, 0.2) is 17.1 Å². The van der Waals surface area contributed by atoms with Crippen molar-refractivity contribution in [2.45, 2.75) is 41.5 Å². The average Bonchev–Trinajstić information content (AvgIpc) is 1.56. The van der Waals surface area contributed by atoms with Crippen LogP contribution < -0.4 is 14.7 Å². The first kappa shape index (κ1) is 85.9. The van der Waals surface area contributed by atoms with Crippen molar-refractivity contribution in [3.05, 3.63) is 459 Å². The first-order valence-electron chi connectivity index (χ1n) is 45.3. The molecule has 0 unspecified atom stereocenters. The molecule has 7 aromatic heterocycles. The van der Waals surface area contributed by atoms with Gasteiger partial charge in [-0.25, -0.2) is 29.2 Å². The number of pyridine rings is 4. The van der Waals surface area contributed by atoms with Gasteiger partial charge in [0.05, 0.1) is 132 Å². The fraction of sp³-hybridized carbons (Fsp3) is 0.0500. The minimum atomic E-state index is -0.394. The number of rotatable bonds is 12. The van der Waals surface area contributed by atoms with Gasteiger partial charge in [0, 0.05) is 110 Å². The molecule has 21 aromatic rings. The highest BCUT2D eigenvalue weighted by Crippen LogP contribution is 2.51. The maximum atomic E-state index is 14.8. The molecule has 6 amide bonds. The molecule has 10 heterocycles. The van der Waals surface area contributed by atoms with Gasteiger partial charge in [0.1, 0.15) is 0 Å². The molecular formula is C120H76N14O6. The van der Waals surface area contributed by atoms with Crippen LogP contribution in [0.5, 0.6) is 0 Å². The molecule has 0 atom stereocenters. The Morgan fingerprint density at radius 1 is 0.271 bits per heavy atom. The fourth-order valence-corrected chi connectivity index (χ4v) is 21.0. The molecule has 20 nitrogen and oxygen atoms in total. The summed E-state index contributed by atoms with van der Waals surface area (Å²) < 4.78 is 6.13. The summed E-state index contributed by atoms with van der Waals surface area (Å²) >= 11 is 0. The summed E-state index contributed by atoms with van der Waals surface area (Å²) in [4.78, 5) is 119. The zero-order valence-corrected chi connectivity index (χ0v) is 76.2. The number of carbonyl (C=O) groups excluding carboxylic acids is 6. The Bertz CT molecular complexity index is 9030. The predicted octanol–water partition coefficient (Wildman–Crippen LogP) is 27.7. The van der Waals surface area contributed by atoms with Crippen molar-refractivity contribution in [3.63, 3.8) is 0 Å². The minimum Gasteiger partial charge on any atom is -0.308 e. The number of nitriles is 1. The summed E-state index contributed by atoms with van der Waals surface area (Å²) in [6.07, 6.45) is 13.2. The van der Waals surface area contributed by atoms with Crippen molar-refractivity contribution in [1.29, 1.82) is 5.26 Å². The molecule has 24 rings (SSSR count). The minimum absolute atomic E-state index is 0.309. The van der Waals surface area contributed by atoms with Crippen LogP contribution >= 0.6 is 0 Å². The summed E-state index contributed by atoms with van der Waals surface area (Å²) in [6.45, 7) is 35.2. The maximum absolute atomic E-state index is 14.8. The number of aryl methyl sites for hydroxylation is 6. The van der Waals surface area contributed by atoms with Gasteiger partial charge in [0.25, 0.3) is 35.4 Å². The molecule has 0 bridgehead atoms. The summed E-state index contributed by atoms with van der Waals surface area (Å²) in [6, 6.07) is 98.8. The third-order valence-electron chi connectivity index (χ3n) is 26.6. The second kappa shape index (κ2) is 34.5. The Morgan fingerprint density at radius 3 is 1.12 bits per heavy atom. The van der Waals surface area contributed by atoms with E-state index in [2.05, 4.69) is 61.8 Å². The van der Waals surface area contributed by atoms with E-state index < -0.39 is 11.8 Å². The first-order valence-corrected chi connectivity index (χ1v) is 45.3. The van der Waals surface area contributed by atoms with Crippen LogP contribution in [-0.4, -0.2) is 69.1 Å².